The van der Waals surface area contributed by atoms with Gasteiger partial charge in [0, 0.05) is 0 Å². The van der Waals surface area contributed by atoms with Crippen LogP contribution in [-0.4, -0.2) is 6.29 Å². The highest BCUT2D eigenvalue weighted by atomic mass is 16.7. The standard InChI is InChI=1S/C41H40O2/c1-5-29(2)30-21-25-36(26-22-30)43-40(41(3,4)35-23-19-32(20-24-35)31-13-7-6-8-14-31)42-28-39-37-17-11-9-15-33(37)27-34-16-10-12-18-38(34)39/h6-27,29,40H,5,28H2,1-4H3. The maximum absolute atomic E-state index is 6.86. The number of fused-ring (bicyclic) bond motifs is 2. The second kappa shape index (κ2) is 12.5. The minimum atomic E-state index is -0.526. The van der Waals surface area contributed by atoms with Crippen LogP contribution in [0.4, 0.5) is 0 Å². The molecule has 0 aliphatic rings. The van der Waals surface area contributed by atoms with Gasteiger partial charge < -0.3 is 9.47 Å². The molecule has 0 amide bonds. The smallest absolute Gasteiger partial charge is 0.209 e. The largest absolute Gasteiger partial charge is 0.464 e. The molecule has 0 radical (unpaired) electrons. The lowest BCUT2D eigenvalue weighted by Crippen LogP contribution is -2.40. The van der Waals surface area contributed by atoms with Crippen molar-refractivity contribution < 1.29 is 9.47 Å². The summed E-state index contributed by atoms with van der Waals surface area (Å²) in [5.41, 5.74) is 5.64. The SMILES string of the molecule is CCC(C)c1ccc(OC(OCc2c3ccccc3cc3ccccc23)C(C)(C)c2ccc(-c3ccccc3)cc2)cc1. The molecule has 0 N–H and O–H groups in total. The van der Waals surface area contributed by atoms with Crippen LogP contribution in [0.15, 0.2) is 133 Å². The first-order valence-electron chi connectivity index (χ1n) is 15.4. The van der Waals surface area contributed by atoms with E-state index in [1.807, 2.05) is 0 Å². The molecule has 0 aliphatic heterocycles. The molecule has 6 rings (SSSR count). The first kappa shape index (κ1) is 28.7. The van der Waals surface area contributed by atoms with Crippen LogP contribution in [0.5, 0.6) is 5.75 Å². The van der Waals surface area contributed by atoms with E-state index < -0.39 is 11.7 Å². The van der Waals surface area contributed by atoms with Gasteiger partial charge in [0.1, 0.15) is 5.75 Å². The first-order chi connectivity index (χ1) is 20.9. The summed E-state index contributed by atoms with van der Waals surface area (Å²) in [6, 6.07) is 47.2. The van der Waals surface area contributed by atoms with E-state index in [0.29, 0.717) is 12.5 Å². The third kappa shape index (κ3) is 6.07. The van der Waals surface area contributed by atoms with Crippen LogP contribution >= 0.6 is 0 Å². The van der Waals surface area contributed by atoms with E-state index in [2.05, 4.69) is 161 Å². The number of rotatable bonds is 10. The summed E-state index contributed by atoms with van der Waals surface area (Å²) in [7, 11) is 0. The van der Waals surface area contributed by atoms with Gasteiger partial charge in [-0.25, -0.2) is 0 Å². The van der Waals surface area contributed by atoms with E-state index >= 15 is 0 Å². The highest BCUT2D eigenvalue weighted by Gasteiger charge is 2.35. The van der Waals surface area contributed by atoms with Crippen molar-refractivity contribution in [1.82, 2.24) is 0 Å². The molecule has 43 heavy (non-hydrogen) atoms. The molecule has 216 valence electrons. The molecule has 0 spiro atoms. The summed E-state index contributed by atoms with van der Waals surface area (Å²) in [6.45, 7) is 9.34. The van der Waals surface area contributed by atoms with Crippen LogP contribution in [-0.2, 0) is 16.8 Å². The van der Waals surface area contributed by atoms with Gasteiger partial charge in [0.25, 0.3) is 0 Å². The predicted molar refractivity (Wildman–Crippen MR) is 181 cm³/mol. The van der Waals surface area contributed by atoms with Gasteiger partial charge in [-0.2, -0.15) is 0 Å². The average molecular weight is 565 g/mol. The summed E-state index contributed by atoms with van der Waals surface area (Å²) in [6.07, 6.45) is 0.582. The Morgan fingerprint density at radius 3 is 1.79 bits per heavy atom. The lowest BCUT2D eigenvalue weighted by molar-refractivity contribution is -0.128. The zero-order chi connectivity index (χ0) is 29.8. The van der Waals surface area contributed by atoms with Crippen LogP contribution < -0.4 is 4.74 Å². The molecule has 2 heteroatoms. The molecular formula is C41H40O2. The molecule has 0 bridgehead atoms. The van der Waals surface area contributed by atoms with Crippen molar-refractivity contribution in [2.24, 2.45) is 0 Å². The van der Waals surface area contributed by atoms with Crippen LogP contribution in [0, 0.1) is 0 Å². The van der Waals surface area contributed by atoms with E-state index in [1.165, 1.54) is 43.8 Å². The summed E-state index contributed by atoms with van der Waals surface area (Å²) < 4.78 is 13.6. The summed E-state index contributed by atoms with van der Waals surface area (Å²) in [5.74, 6) is 1.33. The third-order valence-electron chi connectivity index (χ3n) is 8.89. The van der Waals surface area contributed by atoms with Gasteiger partial charge in [0.05, 0.1) is 12.0 Å². The maximum atomic E-state index is 6.86. The Labute approximate surface area is 255 Å². The average Bonchev–Trinajstić information content (AvgIpc) is 3.06. The van der Waals surface area contributed by atoms with Gasteiger partial charge in [0.15, 0.2) is 0 Å². The van der Waals surface area contributed by atoms with Gasteiger partial charge in [-0.15, -0.1) is 0 Å². The second-order valence-electron chi connectivity index (χ2n) is 12.1. The van der Waals surface area contributed by atoms with Crippen LogP contribution in [0.3, 0.4) is 0 Å². The quantitative estimate of drug-likeness (QED) is 0.122. The molecule has 0 fully saturated rings. The van der Waals surface area contributed by atoms with E-state index in [0.717, 1.165) is 17.7 Å². The van der Waals surface area contributed by atoms with Crippen molar-refractivity contribution in [2.45, 2.75) is 58.3 Å². The first-order valence-corrected chi connectivity index (χ1v) is 15.4. The van der Waals surface area contributed by atoms with Crippen molar-refractivity contribution in [3.63, 3.8) is 0 Å². The minimum absolute atomic E-state index is 0.434. The Kier molecular flexibility index (Phi) is 8.31. The molecule has 2 nitrogen and oxygen atoms in total. The highest BCUT2D eigenvalue weighted by Crippen LogP contribution is 2.36. The third-order valence-corrected chi connectivity index (χ3v) is 8.89. The fourth-order valence-corrected chi connectivity index (χ4v) is 5.91. The van der Waals surface area contributed by atoms with Crippen molar-refractivity contribution in [3.8, 4) is 16.9 Å². The van der Waals surface area contributed by atoms with Gasteiger partial charge >= 0.3 is 0 Å². The van der Waals surface area contributed by atoms with Gasteiger partial charge in [0.2, 0.25) is 6.29 Å². The van der Waals surface area contributed by atoms with Gasteiger partial charge in [-0.1, -0.05) is 129 Å². The van der Waals surface area contributed by atoms with Crippen molar-refractivity contribution in [2.75, 3.05) is 0 Å². The minimum Gasteiger partial charge on any atom is -0.464 e. The molecule has 6 aromatic rings. The molecule has 2 atom stereocenters. The van der Waals surface area contributed by atoms with E-state index in [9.17, 15) is 0 Å². The molecule has 0 aliphatic carbocycles. The Bertz CT molecular complexity index is 1750. The van der Waals surface area contributed by atoms with E-state index in [-0.39, 0.29) is 0 Å². The molecule has 0 aromatic heterocycles. The normalized spacial score (nSPS) is 13.2. The summed E-state index contributed by atoms with van der Waals surface area (Å²) in [5, 5.41) is 4.85. The van der Waals surface area contributed by atoms with Crippen LogP contribution in [0.1, 0.15) is 56.7 Å². The molecule has 2 unspecified atom stereocenters. The monoisotopic (exact) mass is 564 g/mol. The Morgan fingerprint density at radius 2 is 1.19 bits per heavy atom. The second-order valence-corrected chi connectivity index (χ2v) is 12.1. The number of benzene rings is 6. The summed E-state index contributed by atoms with van der Waals surface area (Å²) in [4.78, 5) is 0. The fourth-order valence-electron chi connectivity index (χ4n) is 5.91. The van der Waals surface area contributed by atoms with Crippen molar-refractivity contribution in [1.29, 1.82) is 0 Å². The fraction of sp³-hybridized carbons (Fsp3) is 0.220. The number of hydrogen-bond donors (Lipinski definition) is 0. The number of hydrogen-bond acceptors (Lipinski definition) is 2. The topological polar surface area (TPSA) is 18.5 Å². The maximum Gasteiger partial charge on any atom is 0.209 e. The van der Waals surface area contributed by atoms with E-state index in [4.69, 9.17) is 9.47 Å². The Morgan fingerprint density at radius 1 is 0.628 bits per heavy atom. The molecule has 0 saturated carbocycles. The predicted octanol–water partition coefficient (Wildman–Crippen LogP) is 11.1. The zero-order valence-electron chi connectivity index (χ0n) is 25.6. The Balaban J connectivity index is 1.35. The molecular weight excluding hydrogens is 524 g/mol. The Hall–Kier alpha value is -4.40. The number of ether oxygens (including phenoxy) is 2. The molecule has 0 heterocycles. The zero-order valence-corrected chi connectivity index (χ0v) is 25.6. The van der Waals surface area contributed by atoms with Gasteiger partial charge in [-0.3, -0.25) is 0 Å². The lowest BCUT2D eigenvalue weighted by Gasteiger charge is -2.35. The molecule has 6 aromatic carbocycles. The van der Waals surface area contributed by atoms with Crippen LogP contribution in [0.25, 0.3) is 32.7 Å². The van der Waals surface area contributed by atoms with Gasteiger partial charge in [-0.05, 0) is 93.7 Å². The van der Waals surface area contributed by atoms with Crippen molar-refractivity contribution >= 4 is 21.5 Å². The van der Waals surface area contributed by atoms with Crippen molar-refractivity contribution in [3.05, 3.63) is 150 Å². The molecule has 0 saturated heterocycles. The van der Waals surface area contributed by atoms with Crippen LogP contribution in [0.2, 0.25) is 0 Å². The summed E-state index contributed by atoms with van der Waals surface area (Å²) >= 11 is 0. The van der Waals surface area contributed by atoms with E-state index in [1.54, 1.807) is 0 Å². The lowest BCUT2D eigenvalue weighted by atomic mass is 9.83. The highest BCUT2D eigenvalue weighted by molar-refractivity contribution is 6.02.